The Bertz CT molecular complexity index is 2630. The van der Waals surface area contributed by atoms with Crippen molar-refractivity contribution in [3.8, 4) is 22.3 Å². The first-order chi connectivity index (χ1) is 35.8. The van der Waals surface area contributed by atoms with Crippen molar-refractivity contribution in [2.24, 2.45) is 0 Å². The molecule has 74 heavy (non-hydrogen) atoms. The number of rotatable bonds is 22. The van der Waals surface area contributed by atoms with E-state index in [0.29, 0.717) is 51.6 Å². The van der Waals surface area contributed by atoms with Gasteiger partial charge < -0.3 is 41.0 Å². The fourth-order valence-electron chi connectivity index (χ4n) is 9.18. The molecule has 0 bridgehead atoms. The van der Waals surface area contributed by atoms with Gasteiger partial charge in [-0.15, -0.1) is 0 Å². The SMILES string of the molecule is O=C(Cc1ccc(I)cc1)NCCCC[C@H](NC(=O)OCC1c2ccccc2-c2ccccc21)C(=O)O.O=C(N[C@@H](CCCCNC(=S)Cc1ccc(I)cc1)C(=O)O)OCC1c2ccccc2-c2ccccc21. The Labute approximate surface area is 463 Å². The van der Waals surface area contributed by atoms with E-state index in [1.807, 2.05) is 109 Å². The summed E-state index contributed by atoms with van der Waals surface area (Å²) in [5, 5.41) is 30.2. The smallest absolute Gasteiger partial charge is 0.407 e. The Morgan fingerprint density at radius 1 is 0.486 bits per heavy atom. The standard InChI is InChI=1S/C29H29IN2O5.C29H29IN2O4S/c30-20-14-12-19(13-15-20)17-27(33)31-16-6-5-11-26(28(34)35)32-29(36)37-18-25-23-9-3-1-7-21(23)22-8-2-4-10-24(22)25;30-20-14-12-19(13-15-20)17-27(37)31-16-6-5-11-26(28(33)34)32-29(35)36-18-25-23-9-3-1-7-21(23)22-8-2-4-10-24(22)25/h1-4,7-10,12-15,25-26H,5-6,11,16-18H2,(H,31,33)(H,32,36)(H,34,35);1-4,7-10,12-15,25-26H,5-6,11,16-18H2,(H,31,37)(H,32,35)(H,33,34)/t2*26-/m00/s1. The molecule has 6 aromatic rings. The van der Waals surface area contributed by atoms with E-state index in [0.717, 1.165) is 70.6 Å². The molecule has 3 amide bonds. The van der Waals surface area contributed by atoms with Crippen molar-refractivity contribution in [2.75, 3.05) is 26.3 Å². The first-order valence-corrected chi connectivity index (χ1v) is 27.1. The lowest BCUT2D eigenvalue weighted by Gasteiger charge is -2.17. The van der Waals surface area contributed by atoms with E-state index in [1.165, 1.54) is 3.57 Å². The Morgan fingerprint density at radius 3 is 1.22 bits per heavy atom. The molecule has 2 aliphatic rings. The number of carboxylic acids is 2. The Morgan fingerprint density at radius 2 is 0.838 bits per heavy atom. The Hall–Kier alpha value is -6.38. The zero-order chi connectivity index (χ0) is 52.4. The first-order valence-electron chi connectivity index (χ1n) is 24.6. The summed E-state index contributed by atoms with van der Waals surface area (Å²) in [6, 6.07) is 46.1. The molecule has 2 aliphatic carbocycles. The van der Waals surface area contributed by atoms with Crippen LogP contribution in [-0.2, 0) is 36.7 Å². The number of alkyl carbamates (subject to hydrolysis) is 2. The third kappa shape index (κ3) is 15.8. The molecule has 6 N–H and O–H groups in total. The Kier molecular flexibility index (Phi) is 20.8. The summed E-state index contributed by atoms with van der Waals surface area (Å²) in [7, 11) is 0. The highest BCUT2D eigenvalue weighted by Gasteiger charge is 2.31. The second kappa shape index (κ2) is 27.8. The van der Waals surface area contributed by atoms with Gasteiger partial charge in [-0.3, -0.25) is 4.79 Å². The molecule has 6 aromatic carbocycles. The van der Waals surface area contributed by atoms with Crippen molar-refractivity contribution in [1.82, 2.24) is 21.3 Å². The summed E-state index contributed by atoms with van der Waals surface area (Å²) in [6.45, 7) is 1.37. The van der Waals surface area contributed by atoms with Crippen LogP contribution in [0.15, 0.2) is 146 Å². The van der Waals surface area contributed by atoms with Gasteiger partial charge in [0, 0.05) is 38.5 Å². The van der Waals surface area contributed by atoms with Crippen LogP contribution in [0.2, 0.25) is 0 Å². The number of ether oxygens (including phenoxy) is 2. The molecular formula is C58H58I2N4O9S. The number of carboxylic acid groups (broad SMARTS) is 2. The number of benzene rings is 6. The highest BCUT2D eigenvalue weighted by atomic mass is 127. The summed E-state index contributed by atoms with van der Waals surface area (Å²) in [6.07, 6.45) is 2.57. The minimum Gasteiger partial charge on any atom is -0.480 e. The number of hydrogen-bond acceptors (Lipinski definition) is 8. The molecule has 16 heteroatoms. The molecule has 0 aromatic heterocycles. The van der Waals surface area contributed by atoms with Crippen molar-refractivity contribution in [3.63, 3.8) is 0 Å². The van der Waals surface area contributed by atoms with Crippen LogP contribution in [0, 0.1) is 7.14 Å². The molecule has 0 saturated heterocycles. The second-order valence-electron chi connectivity index (χ2n) is 18.0. The zero-order valence-corrected chi connectivity index (χ0v) is 45.7. The van der Waals surface area contributed by atoms with Crippen LogP contribution >= 0.6 is 57.4 Å². The van der Waals surface area contributed by atoms with Crippen molar-refractivity contribution in [3.05, 3.63) is 186 Å². The maximum Gasteiger partial charge on any atom is 0.407 e. The molecule has 2 atom stereocenters. The lowest BCUT2D eigenvalue weighted by Crippen LogP contribution is -2.41. The minimum absolute atomic E-state index is 0.0733. The largest absolute Gasteiger partial charge is 0.480 e. The van der Waals surface area contributed by atoms with E-state index < -0.39 is 36.2 Å². The topological polar surface area (TPSA) is 192 Å². The number of aliphatic carboxylic acids is 2. The van der Waals surface area contributed by atoms with Gasteiger partial charge in [-0.05, 0) is 164 Å². The summed E-state index contributed by atoms with van der Waals surface area (Å²) in [5.74, 6) is -2.43. The van der Waals surface area contributed by atoms with E-state index in [2.05, 4.69) is 103 Å². The molecule has 0 spiro atoms. The number of nitrogens with one attached hydrogen (secondary N) is 4. The second-order valence-corrected chi connectivity index (χ2v) is 21.0. The van der Waals surface area contributed by atoms with Crippen LogP contribution in [-0.4, -0.2) is 83.6 Å². The van der Waals surface area contributed by atoms with Gasteiger partial charge >= 0.3 is 24.1 Å². The molecule has 0 fully saturated rings. The van der Waals surface area contributed by atoms with Gasteiger partial charge in [-0.2, -0.15) is 0 Å². The molecule has 13 nitrogen and oxygen atoms in total. The monoisotopic (exact) mass is 1240 g/mol. The van der Waals surface area contributed by atoms with Crippen molar-refractivity contribution in [2.45, 2.75) is 75.3 Å². The molecule has 0 radical (unpaired) electrons. The molecule has 8 rings (SSSR count). The van der Waals surface area contributed by atoms with E-state index >= 15 is 0 Å². The van der Waals surface area contributed by atoms with Gasteiger partial charge in [-0.1, -0.05) is 134 Å². The molecule has 0 saturated carbocycles. The average Bonchev–Trinajstić information content (AvgIpc) is 3.90. The van der Waals surface area contributed by atoms with Gasteiger partial charge in [0.1, 0.15) is 25.3 Å². The third-order valence-electron chi connectivity index (χ3n) is 12.9. The number of halogens is 2. The quantitative estimate of drug-likeness (QED) is 0.0215. The number of amides is 3. The van der Waals surface area contributed by atoms with E-state index in [-0.39, 0.29) is 37.4 Å². The lowest BCUT2D eigenvalue weighted by atomic mass is 9.98. The summed E-state index contributed by atoms with van der Waals surface area (Å²) in [5.41, 5.74) is 11.0. The predicted octanol–water partition coefficient (Wildman–Crippen LogP) is 11.0. The summed E-state index contributed by atoms with van der Waals surface area (Å²) in [4.78, 5) is 61.2. The van der Waals surface area contributed by atoms with Gasteiger partial charge in [0.15, 0.2) is 0 Å². The lowest BCUT2D eigenvalue weighted by molar-refractivity contribution is -0.140. The maximum absolute atomic E-state index is 12.5. The van der Waals surface area contributed by atoms with Crippen LogP contribution < -0.4 is 21.3 Å². The number of carbonyl (C=O) groups excluding carboxylic acids is 3. The maximum atomic E-state index is 12.5. The molecule has 384 valence electrons. The minimum atomic E-state index is -1.11. The Balaban J connectivity index is 0.000000216. The number of carbonyl (C=O) groups is 5. The van der Waals surface area contributed by atoms with Gasteiger partial charge in [-0.25, -0.2) is 19.2 Å². The highest BCUT2D eigenvalue weighted by molar-refractivity contribution is 14.1. The number of unbranched alkanes of at least 4 members (excludes halogenated alkanes) is 2. The molecular weight excluding hydrogens is 1180 g/mol. The van der Waals surface area contributed by atoms with Crippen molar-refractivity contribution >= 4 is 92.4 Å². The molecule has 0 unspecified atom stereocenters. The number of thiocarbonyl (C=S) groups is 1. The third-order valence-corrected chi connectivity index (χ3v) is 14.6. The van der Waals surface area contributed by atoms with E-state index in [9.17, 15) is 34.2 Å². The highest BCUT2D eigenvalue weighted by Crippen LogP contribution is 2.45. The summed E-state index contributed by atoms with van der Waals surface area (Å²) >= 11 is 9.90. The summed E-state index contributed by atoms with van der Waals surface area (Å²) < 4.78 is 13.3. The van der Waals surface area contributed by atoms with Crippen LogP contribution in [0.25, 0.3) is 22.3 Å². The zero-order valence-electron chi connectivity index (χ0n) is 40.6. The van der Waals surface area contributed by atoms with Crippen LogP contribution in [0.5, 0.6) is 0 Å². The van der Waals surface area contributed by atoms with Crippen LogP contribution in [0.1, 0.15) is 83.7 Å². The normalized spacial score (nSPS) is 12.8. The average molecular weight is 1240 g/mol. The van der Waals surface area contributed by atoms with Crippen LogP contribution in [0.3, 0.4) is 0 Å². The first kappa shape index (κ1) is 55.4. The van der Waals surface area contributed by atoms with Crippen LogP contribution in [0.4, 0.5) is 9.59 Å². The molecule has 0 aliphatic heterocycles. The van der Waals surface area contributed by atoms with Gasteiger partial charge in [0.2, 0.25) is 5.91 Å². The van der Waals surface area contributed by atoms with E-state index in [4.69, 9.17) is 21.7 Å². The predicted molar refractivity (Wildman–Crippen MR) is 306 cm³/mol. The van der Waals surface area contributed by atoms with Gasteiger partial charge in [0.25, 0.3) is 0 Å². The van der Waals surface area contributed by atoms with Gasteiger partial charge in [0.05, 0.1) is 11.4 Å². The van der Waals surface area contributed by atoms with Crippen molar-refractivity contribution in [1.29, 1.82) is 0 Å². The number of hydrogen-bond donors (Lipinski definition) is 6. The van der Waals surface area contributed by atoms with E-state index in [1.54, 1.807) is 0 Å². The fraction of sp³-hybridized carbons (Fsp3) is 0.276. The molecule has 0 heterocycles. The van der Waals surface area contributed by atoms with Crippen molar-refractivity contribution < 1.29 is 43.7 Å². The number of fused-ring (bicyclic) bond motifs is 6. The fourth-order valence-corrected chi connectivity index (χ4v) is 10.2.